The average molecular weight is 500 g/mol. The molecule has 1 aliphatic heterocycles. The van der Waals surface area contributed by atoms with Crippen molar-refractivity contribution in [2.75, 3.05) is 33.4 Å². The fraction of sp³-hybridized carbons (Fsp3) is 0.281. The van der Waals surface area contributed by atoms with E-state index in [1.807, 2.05) is 24.3 Å². The number of hydrogen-bond acceptors (Lipinski definition) is 3. The minimum atomic E-state index is -0.379. The molecule has 190 valence electrons. The highest BCUT2D eigenvalue weighted by Crippen LogP contribution is 2.43. The van der Waals surface area contributed by atoms with E-state index in [1.165, 1.54) is 18.7 Å². The van der Waals surface area contributed by atoms with Crippen LogP contribution in [0.25, 0.3) is 17.2 Å². The van der Waals surface area contributed by atoms with E-state index in [1.54, 1.807) is 6.07 Å². The van der Waals surface area contributed by atoms with Gasteiger partial charge in [-0.15, -0.1) is 0 Å². The summed E-state index contributed by atoms with van der Waals surface area (Å²) in [5, 5.41) is 0. The molecule has 0 aromatic heterocycles. The van der Waals surface area contributed by atoms with Gasteiger partial charge in [0.2, 0.25) is 0 Å². The Morgan fingerprint density at radius 1 is 0.973 bits per heavy atom. The average Bonchev–Trinajstić information content (AvgIpc) is 3.09. The minimum absolute atomic E-state index is 0.256. The van der Waals surface area contributed by atoms with Crippen LogP contribution in [0.5, 0.6) is 5.75 Å². The number of benzene rings is 3. The van der Waals surface area contributed by atoms with Crippen LogP contribution >= 0.6 is 0 Å². The van der Waals surface area contributed by atoms with Gasteiger partial charge in [0.05, 0.1) is 13.8 Å². The molecule has 1 aliphatic carbocycles. The van der Waals surface area contributed by atoms with Crippen LogP contribution in [0.3, 0.4) is 0 Å². The molecule has 0 radical (unpaired) electrons. The van der Waals surface area contributed by atoms with Crippen LogP contribution in [0.1, 0.15) is 57.4 Å². The van der Waals surface area contributed by atoms with Crippen molar-refractivity contribution in [3.05, 3.63) is 105 Å². The number of fused-ring (bicyclic) bond motifs is 1. The maximum Gasteiger partial charge on any atom is 0.165 e. The molecule has 2 aliphatic rings. The summed E-state index contributed by atoms with van der Waals surface area (Å²) in [7, 11) is 1.50. The third-order valence-corrected chi connectivity index (χ3v) is 7.24. The summed E-state index contributed by atoms with van der Waals surface area (Å²) in [6, 6.07) is 19.4. The molecule has 1 heterocycles. The molecule has 3 nitrogen and oxygen atoms in total. The molecule has 0 amide bonds. The number of carbonyl (C=O) groups excluding carboxylic acids is 1. The lowest BCUT2D eigenvalue weighted by Gasteiger charge is -2.33. The number of ether oxygens (including phenoxy) is 1. The lowest BCUT2D eigenvalue weighted by Crippen LogP contribution is -2.40. The second-order valence-corrected chi connectivity index (χ2v) is 9.74. The zero-order chi connectivity index (χ0) is 25.8. The van der Waals surface area contributed by atoms with E-state index in [4.69, 9.17) is 4.74 Å². The molecule has 0 N–H and O–H groups in total. The summed E-state index contributed by atoms with van der Waals surface area (Å²) in [6.45, 7) is 2.32. The van der Waals surface area contributed by atoms with E-state index in [0.29, 0.717) is 12.0 Å². The van der Waals surface area contributed by atoms with E-state index < -0.39 is 0 Å². The Hall–Kier alpha value is -3.57. The number of para-hydroxylation sites is 1. The van der Waals surface area contributed by atoms with Gasteiger partial charge in [-0.2, -0.15) is 0 Å². The summed E-state index contributed by atoms with van der Waals surface area (Å²) in [5.74, 6) is -0.123. The Labute approximate surface area is 217 Å². The number of methoxy groups -OCH3 is 1. The number of carbonyl (C=O) groups is 1. The van der Waals surface area contributed by atoms with Gasteiger partial charge in [0.15, 0.2) is 11.6 Å². The Bertz CT molecular complexity index is 1350. The van der Waals surface area contributed by atoms with Crippen molar-refractivity contribution in [3.8, 4) is 5.75 Å². The second kappa shape index (κ2) is 11.2. The number of aryl methyl sites for hydroxylation is 1. The Morgan fingerprint density at radius 2 is 1.76 bits per heavy atom. The number of hydrogen-bond donors (Lipinski definition) is 0. The van der Waals surface area contributed by atoms with Crippen molar-refractivity contribution < 1.29 is 18.3 Å². The van der Waals surface area contributed by atoms with Crippen LogP contribution in [0.4, 0.5) is 8.78 Å². The van der Waals surface area contributed by atoms with Crippen molar-refractivity contribution in [1.29, 1.82) is 0 Å². The predicted octanol–water partition coefficient (Wildman–Crippen LogP) is 7.00. The molecule has 1 saturated heterocycles. The molecule has 0 atom stereocenters. The van der Waals surface area contributed by atoms with Gasteiger partial charge in [-0.25, -0.2) is 4.39 Å². The number of rotatable bonds is 8. The summed E-state index contributed by atoms with van der Waals surface area (Å²) < 4.78 is 32.6. The number of aldehydes is 1. The van der Waals surface area contributed by atoms with Crippen LogP contribution in [0.2, 0.25) is 0 Å². The largest absolute Gasteiger partial charge is 0.493 e. The van der Waals surface area contributed by atoms with Gasteiger partial charge in [-0.05, 0) is 76.8 Å². The zero-order valence-corrected chi connectivity index (χ0v) is 21.1. The van der Waals surface area contributed by atoms with E-state index in [9.17, 15) is 13.6 Å². The fourth-order valence-electron chi connectivity index (χ4n) is 5.48. The quantitative estimate of drug-likeness (QED) is 0.313. The third kappa shape index (κ3) is 5.28. The summed E-state index contributed by atoms with van der Waals surface area (Å²) in [4.78, 5) is 13.7. The number of alkyl halides is 1. The summed E-state index contributed by atoms with van der Waals surface area (Å²) in [6.07, 6.45) is 6.16. The van der Waals surface area contributed by atoms with Crippen molar-refractivity contribution >= 4 is 23.5 Å². The number of allylic oxidation sites excluding steroid dienone is 1. The van der Waals surface area contributed by atoms with Gasteiger partial charge in [-0.3, -0.25) is 14.1 Å². The van der Waals surface area contributed by atoms with Crippen LogP contribution in [-0.2, 0) is 6.42 Å². The highest BCUT2D eigenvalue weighted by molar-refractivity contribution is 6.01. The Morgan fingerprint density at radius 3 is 2.49 bits per heavy atom. The molecule has 1 fully saturated rings. The lowest BCUT2D eigenvalue weighted by molar-refractivity contribution is 0.112. The molecular formula is C32H31F2NO2. The Kier molecular flexibility index (Phi) is 7.61. The first-order valence-electron chi connectivity index (χ1n) is 12.8. The van der Waals surface area contributed by atoms with E-state index >= 15 is 0 Å². The van der Waals surface area contributed by atoms with Crippen molar-refractivity contribution in [2.45, 2.75) is 25.7 Å². The zero-order valence-electron chi connectivity index (χ0n) is 21.1. The molecule has 0 spiro atoms. The topological polar surface area (TPSA) is 29.5 Å². The standard InChI is InChI=1S/C32H31F2NO2/c1-37-32-29(7-3-8-30(32)34)28-6-2-5-26-18-23(21-36)11-14-27(26)31(28)25-12-9-22(10-13-25)17-24-19-35(20-24)16-4-15-33/h3,7-14,17-18,21H,2,4-6,15-16,19-20H2,1H3. The molecule has 0 bridgehead atoms. The summed E-state index contributed by atoms with van der Waals surface area (Å²) in [5.41, 5.74) is 9.22. The first kappa shape index (κ1) is 25.1. The number of halogens is 2. The maximum absolute atomic E-state index is 14.7. The molecular weight excluding hydrogens is 468 g/mol. The molecule has 3 aromatic rings. The van der Waals surface area contributed by atoms with Crippen LogP contribution in [0.15, 0.2) is 66.2 Å². The molecule has 37 heavy (non-hydrogen) atoms. The van der Waals surface area contributed by atoms with Crippen molar-refractivity contribution in [2.24, 2.45) is 0 Å². The lowest BCUT2D eigenvalue weighted by atomic mass is 9.86. The molecule has 0 saturated carbocycles. The first-order chi connectivity index (χ1) is 18.1. The summed E-state index contributed by atoms with van der Waals surface area (Å²) >= 11 is 0. The van der Waals surface area contributed by atoms with Gasteiger partial charge in [0, 0.05) is 30.8 Å². The van der Waals surface area contributed by atoms with Gasteiger partial charge < -0.3 is 4.74 Å². The molecule has 5 heteroatoms. The van der Waals surface area contributed by atoms with Gasteiger partial charge in [0.25, 0.3) is 0 Å². The molecule has 0 unspecified atom stereocenters. The number of likely N-dealkylation sites (tertiary alicyclic amines) is 1. The van der Waals surface area contributed by atoms with Gasteiger partial charge >= 0.3 is 0 Å². The second-order valence-electron chi connectivity index (χ2n) is 9.74. The first-order valence-corrected chi connectivity index (χ1v) is 12.8. The predicted molar refractivity (Wildman–Crippen MR) is 145 cm³/mol. The van der Waals surface area contributed by atoms with Gasteiger partial charge in [-0.1, -0.05) is 54.6 Å². The van der Waals surface area contributed by atoms with Crippen LogP contribution < -0.4 is 4.74 Å². The Balaban J connectivity index is 1.57. The third-order valence-electron chi connectivity index (χ3n) is 7.24. The highest BCUT2D eigenvalue weighted by atomic mass is 19.1. The highest BCUT2D eigenvalue weighted by Gasteiger charge is 2.24. The van der Waals surface area contributed by atoms with Crippen LogP contribution in [-0.4, -0.2) is 44.6 Å². The maximum atomic E-state index is 14.7. The van der Waals surface area contributed by atoms with Crippen molar-refractivity contribution in [1.82, 2.24) is 4.90 Å². The fourth-order valence-corrected chi connectivity index (χ4v) is 5.48. The minimum Gasteiger partial charge on any atom is -0.493 e. The number of nitrogens with zero attached hydrogens (tertiary/aromatic N) is 1. The normalized spacial score (nSPS) is 15.6. The SMILES string of the molecule is COc1c(F)cccc1C1=C(c2ccc(C=C3CN(CCCF)C3)cc2)c2ccc(C=O)cc2CCC1. The monoisotopic (exact) mass is 499 g/mol. The molecule has 5 rings (SSSR count). The van der Waals surface area contributed by atoms with E-state index in [0.717, 1.165) is 84.1 Å². The van der Waals surface area contributed by atoms with Crippen molar-refractivity contribution in [3.63, 3.8) is 0 Å². The van der Waals surface area contributed by atoms with Crippen LogP contribution in [0, 0.1) is 5.82 Å². The van der Waals surface area contributed by atoms with E-state index in [-0.39, 0.29) is 18.2 Å². The van der Waals surface area contributed by atoms with E-state index in [2.05, 4.69) is 35.2 Å². The molecule has 3 aromatic carbocycles. The van der Waals surface area contributed by atoms with Gasteiger partial charge in [0.1, 0.15) is 6.29 Å². The smallest absolute Gasteiger partial charge is 0.165 e.